The van der Waals surface area contributed by atoms with Gasteiger partial charge in [-0.3, -0.25) is 4.99 Å². The first-order valence-corrected chi connectivity index (χ1v) is 9.12. The zero-order chi connectivity index (χ0) is 17.7. The topological polar surface area (TPSA) is 54.9 Å². The highest BCUT2D eigenvalue weighted by molar-refractivity contribution is 14.0. The first kappa shape index (κ1) is 23.1. The number of aliphatic imine (C=N–C) groups is 1. The molecule has 0 amide bonds. The van der Waals surface area contributed by atoms with Gasteiger partial charge in [-0.2, -0.15) is 0 Å². The molecule has 0 radical (unpaired) electrons. The van der Waals surface area contributed by atoms with Crippen LogP contribution in [0.3, 0.4) is 0 Å². The fraction of sp³-hybridized carbons (Fsp3) is 0.632. The van der Waals surface area contributed by atoms with E-state index in [0.29, 0.717) is 12.5 Å². The van der Waals surface area contributed by atoms with Crippen LogP contribution in [-0.4, -0.2) is 52.5 Å². The molecule has 0 saturated carbocycles. The van der Waals surface area contributed by atoms with Crippen LogP contribution in [0.5, 0.6) is 0 Å². The second-order valence-electron chi connectivity index (χ2n) is 6.29. The Morgan fingerprint density at radius 1 is 1.27 bits per heavy atom. The maximum absolute atomic E-state index is 13.1. The monoisotopic (exact) mass is 479 g/mol. The van der Waals surface area contributed by atoms with E-state index < -0.39 is 0 Å². The Kier molecular flexibility index (Phi) is 12.6. The minimum atomic E-state index is -0.194. The number of hydrogen-bond donors (Lipinski definition) is 2. The molecule has 1 aliphatic rings. The first-order chi connectivity index (χ1) is 12.3. The van der Waals surface area contributed by atoms with Crippen LogP contribution in [0, 0.1) is 11.7 Å². The molecule has 0 atom stereocenters. The van der Waals surface area contributed by atoms with E-state index in [9.17, 15) is 4.39 Å². The Bertz CT molecular complexity index is 525. The van der Waals surface area contributed by atoms with Crippen molar-refractivity contribution in [3.8, 4) is 0 Å². The molecule has 148 valence electrons. The number of benzene rings is 1. The summed E-state index contributed by atoms with van der Waals surface area (Å²) in [6.07, 6.45) is 3.92. The average Bonchev–Trinajstić information content (AvgIpc) is 2.64. The lowest BCUT2D eigenvalue weighted by molar-refractivity contribution is 0.0203. The largest absolute Gasteiger partial charge is 0.381 e. The zero-order valence-electron chi connectivity index (χ0n) is 15.5. The third-order valence-electron chi connectivity index (χ3n) is 4.27. The molecule has 1 heterocycles. The number of ether oxygens (including phenoxy) is 2. The van der Waals surface area contributed by atoms with Gasteiger partial charge < -0.3 is 20.1 Å². The molecule has 1 aromatic rings. The van der Waals surface area contributed by atoms with E-state index in [1.54, 1.807) is 19.2 Å². The third kappa shape index (κ3) is 9.68. The maximum atomic E-state index is 13.1. The Morgan fingerprint density at radius 2 is 2.04 bits per heavy atom. The molecule has 0 bridgehead atoms. The van der Waals surface area contributed by atoms with Gasteiger partial charge in [0.25, 0.3) is 0 Å². The van der Waals surface area contributed by atoms with Crippen molar-refractivity contribution in [1.29, 1.82) is 0 Å². The minimum Gasteiger partial charge on any atom is -0.381 e. The molecule has 1 aromatic carbocycles. The van der Waals surface area contributed by atoms with Gasteiger partial charge in [-0.25, -0.2) is 4.39 Å². The van der Waals surface area contributed by atoms with E-state index in [0.717, 1.165) is 70.2 Å². The highest BCUT2D eigenvalue weighted by atomic mass is 127. The summed E-state index contributed by atoms with van der Waals surface area (Å²) in [7, 11) is 1.75. The predicted octanol–water partition coefficient (Wildman–Crippen LogP) is 2.98. The van der Waals surface area contributed by atoms with Crippen LogP contribution >= 0.6 is 24.0 Å². The summed E-state index contributed by atoms with van der Waals surface area (Å²) in [6, 6.07) is 6.68. The molecule has 5 nitrogen and oxygen atoms in total. The summed E-state index contributed by atoms with van der Waals surface area (Å²) in [5.41, 5.74) is 0.976. The van der Waals surface area contributed by atoms with Crippen LogP contribution in [-0.2, 0) is 15.9 Å². The molecule has 7 heteroatoms. The van der Waals surface area contributed by atoms with Gasteiger partial charge in [0.2, 0.25) is 0 Å². The second-order valence-corrected chi connectivity index (χ2v) is 6.29. The zero-order valence-corrected chi connectivity index (χ0v) is 17.8. The molecule has 2 N–H and O–H groups in total. The molecule has 0 aromatic heterocycles. The normalized spacial score (nSPS) is 15.4. The first-order valence-electron chi connectivity index (χ1n) is 9.12. The van der Waals surface area contributed by atoms with Crippen LogP contribution in [0.25, 0.3) is 0 Å². The Labute approximate surface area is 173 Å². The molecule has 1 fully saturated rings. The summed E-state index contributed by atoms with van der Waals surface area (Å²) in [5, 5.41) is 6.51. The fourth-order valence-corrected chi connectivity index (χ4v) is 2.78. The quantitative estimate of drug-likeness (QED) is 0.248. The Morgan fingerprint density at radius 3 is 2.77 bits per heavy atom. The fourth-order valence-electron chi connectivity index (χ4n) is 2.78. The lowest BCUT2D eigenvalue weighted by Gasteiger charge is -2.21. The minimum absolute atomic E-state index is 0. The van der Waals surface area contributed by atoms with E-state index in [1.165, 1.54) is 6.07 Å². The SMILES string of the molecule is CN=C(NCCCOCC1CCOCC1)NCCc1cccc(F)c1.I. The van der Waals surface area contributed by atoms with Crippen molar-refractivity contribution in [3.05, 3.63) is 35.6 Å². The van der Waals surface area contributed by atoms with E-state index in [1.807, 2.05) is 6.07 Å². The van der Waals surface area contributed by atoms with Gasteiger partial charge >= 0.3 is 0 Å². The number of nitrogens with zero attached hydrogens (tertiary/aromatic N) is 1. The van der Waals surface area contributed by atoms with Gasteiger partial charge in [-0.05, 0) is 49.3 Å². The van der Waals surface area contributed by atoms with Crippen LogP contribution in [0.1, 0.15) is 24.8 Å². The van der Waals surface area contributed by atoms with E-state index in [4.69, 9.17) is 9.47 Å². The Hall–Kier alpha value is -0.930. The number of guanidine groups is 1. The molecular formula is C19H31FIN3O2. The van der Waals surface area contributed by atoms with Crippen LogP contribution in [0.4, 0.5) is 4.39 Å². The average molecular weight is 479 g/mol. The molecule has 2 rings (SSSR count). The van der Waals surface area contributed by atoms with Gasteiger partial charge in [0.05, 0.1) is 0 Å². The van der Waals surface area contributed by atoms with Gasteiger partial charge in [0.15, 0.2) is 5.96 Å². The van der Waals surface area contributed by atoms with Gasteiger partial charge in [0, 0.05) is 46.6 Å². The number of halogens is 2. The molecule has 1 aliphatic heterocycles. The number of rotatable bonds is 9. The van der Waals surface area contributed by atoms with Crippen LogP contribution in [0.2, 0.25) is 0 Å². The Balaban J connectivity index is 0.00000338. The third-order valence-corrected chi connectivity index (χ3v) is 4.27. The molecular weight excluding hydrogens is 448 g/mol. The molecule has 0 aliphatic carbocycles. The highest BCUT2D eigenvalue weighted by Crippen LogP contribution is 2.14. The van der Waals surface area contributed by atoms with Crippen molar-refractivity contribution in [2.45, 2.75) is 25.7 Å². The number of hydrogen-bond acceptors (Lipinski definition) is 3. The van der Waals surface area contributed by atoms with Crippen molar-refractivity contribution >= 4 is 29.9 Å². The van der Waals surface area contributed by atoms with E-state index in [2.05, 4.69) is 15.6 Å². The smallest absolute Gasteiger partial charge is 0.190 e. The predicted molar refractivity (Wildman–Crippen MR) is 114 cm³/mol. The molecule has 1 saturated heterocycles. The summed E-state index contributed by atoms with van der Waals surface area (Å²) in [5.74, 6) is 1.22. The number of nitrogens with one attached hydrogen (secondary N) is 2. The highest BCUT2D eigenvalue weighted by Gasteiger charge is 2.13. The molecule has 26 heavy (non-hydrogen) atoms. The van der Waals surface area contributed by atoms with Crippen LogP contribution < -0.4 is 10.6 Å². The van der Waals surface area contributed by atoms with E-state index in [-0.39, 0.29) is 29.8 Å². The van der Waals surface area contributed by atoms with Crippen molar-refractivity contribution < 1.29 is 13.9 Å². The van der Waals surface area contributed by atoms with Crippen LogP contribution in [0.15, 0.2) is 29.3 Å². The standard InChI is InChI=1S/C19H30FN3O2.HI/c1-21-19(23-10-6-16-4-2-5-18(20)14-16)22-9-3-11-25-15-17-7-12-24-13-8-17;/h2,4-5,14,17H,3,6-13,15H2,1H3,(H2,21,22,23);1H. The lowest BCUT2D eigenvalue weighted by Crippen LogP contribution is -2.39. The van der Waals surface area contributed by atoms with Gasteiger partial charge in [0.1, 0.15) is 5.82 Å². The summed E-state index contributed by atoms with van der Waals surface area (Å²) in [4.78, 5) is 4.19. The lowest BCUT2D eigenvalue weighted by atomic mass is 10.0. The maximum Gasteiger partial charge on any atom is 0.190 e. The van der Waals surface area contributed by atoms with E-state index >= 15 is 0 Å². The van der Waals surface area contributed by atoms with Gasteiger partial charge in [-0.15, -0.1) is 24.0 Å². The van der Waals surface area contributed by atoms with Gasteiger partial charge in [-0.1, -0.05) is 12.1 Å². The van der Waals surface area contributed by atoms with Crippen molar-refractivity contribution in [2.24, 2.45) is 10.9 Å². The summed E-state index contributed by atoms with van der Waals surface area (Å²) >= 11 is 0. The van der Waals surface area contributed by atoms with Crippen molar-refractivity contribution in [3.63, 3.8) is 0 Å². The molecule has 0 unspecified atom stereocenters. The van der Waals surface area contributed by atoms with Crippen molar-refractivity contribution in [1.82, 2.24) is 10.6 Å². The van der Waals surface area contributed by atoms with Crippen molar-refractivity contribution in [2.75, 3.05) is 46.6 Å². The molecule has 0 spiro atoms. The summed E-state index contributed by atoms with van der Waals surface area (Å²) in [6.45, 7) is 4.85. The second kappa shape index (κ2) is 14.2. The summed E-state index contributed by atoms with van der Waals surface area (Å²) < 4.78 is 24.2.